The molecule has 0 amide bonds. The number of ether oxygens (including phenoxy) is 2. The fourth-order valence-corrected chi connectivity index (χ4v) is 0.865. The molecule has 0 spiro atoms. The van der Waals surface area contributed by atoms with Gasteiger partial charge in [0.15, 0.2) is 0 Å². The fourth-order valence-electron chi connectivity index (χ4n) is 0.865. The Balaban J connectivity index is 4.26. The van der Waals surface area contributed by atoms with Gasteiger partial charge < -0.3 is 24.8 Å². The lowest BCUT2D eigenvalue weighted by Crippen LogP contribution is -2.37. The van der Waals surface area contributed by atoms with Crippen molar-refractivity contribution in [1.29, 1.82) is 0 Å². The Morgan fingerprint density at radius 3 is 1.61 bits per heavy atom. The first-order chi connectivity index (χ1) is 8.22. The minimum Gasteiger partial charge on any atom is -0.463 e. The van der Waals surface area contributed by atoms with Crippen LogP contribution in [0.3, 0.4) is 0 Å². The Morgan fingerprint density at radius 1 is 1.06 bits per heavy atom. The van der Waals surface area contributed by atoms with E-state index in [1.54, 1.807) is 0 Å². The van der Waals surface area contributed by atoms with Gasteiger partial charge in [-0.05, 0) is 13.8 Å². The molecule has 0 saturated carbocycles. The Labute approximate surface area is 105 Å². The molecule has 3 N–H and O–H groups in total. The third kappa shape index (κ3) is 5.95. The van der Waals surface area contributed by atoms with Crippen molar-refractivity contribution in [2.45, 2.75) is 33.0 Å². The van der Waals surface area contributed by atoms with Crippen LogP contribution in [0.15, 0.2) is 0 Å². The topological polar surface area (TPSA) is 113 Å². The lowest BCUT2D eigenvalue weighted by atomic mass is 9.94. The molecule has 0 aliphatic carbocycles. The van der Waals surface area contributed by atoms with Crippen LogP contribution < -0.4 is 0 Å². The summed E-state index contributed by atoms with van der Waals surface area (Å²) in [4.78, 5) is 22.1. The van der Waals surface area contributed by atoms with Crippen LogP contribution in [0.25, 0.3) is 0 Å². The second-order valence-electron chi connectivity index (χ2n) is 4.54. The molecule has 0 aliphatic rings. The first kappa shape index (κ1) is 16.8. The van der Waals surface area contributed by atoms with E-state index in [2.05, 4.69) is 0 Å². The monoisotopic (exact) mass is 264 g/mol. The predicted molar refractivity (Wildman–Crippen MR) is 60.5 cm³/mol. The Hall–Kier alpha value is -1.18. The zero-order valence-electron chi connectivity index (χ0n) is 10.8. The SMILES string of the molecule is CC(O)C(=O)OCC(C)(CO)COC(=O)C(C)O. The van der Waals surface area contributed by atoms with E-state index in [4.69, 9.17) is 19.7 Å². The van der Waals surface area contributed by atoms with Gasteiger partial charge in [-0.1, -0.05) is 6.92 Å². The van der Waals surface area contributed by atoms with Crippen molar-refractivity contribution in [1.82, 2.24) is 0 Å². The number of carbonyl (C=O) groups is 2. The highest BCUT2D eigenvalue weighted by Crippen LogP contribution is 2.17. The van der Waals surface area contributed by atoms with Gasteiger partial charge in [0.1, 0.15) is 25.4 Å². The Morgan fingerprint density at radius 2 is 1.39 bits per heavy atom. The number of carbonyl (C=O) groups excluding carboxylic acids is 2. The van der Waals surface area contributed by atoms with E-state index in [1.807, 2.05) is 0 Å². The van der Waals surface area contributed by atoms with Crippen molar-refractivity contribution < 1.29 is 34.4 Å². The summed E-state index contributed by atoms with van der Waals surface area (Å²) < 4.78 is 9.50. The molecule has 0 saturated heterocycles. The highest BCUT2D eigenvalue weighted by Gasteiger charge is 2.29. The molecule has 0 rings (SSSR count). The molecule has 0 fully saturated rings. The standard InChI is InChI=1S/C11H20O7/c1-7(13)9(15)17-5-11(3,4-12)6-18-10(16)8(2)14/h7-8,12-14H,4-6H2,1-3H3. The molecule has 0 aromatic rings. The second kappa shape index (κ2) is 7.30. The summed E-state index contributed by atoms with van der Waals surface area (Å²) in [6, 6.07) is 0. The molecule has 2 unspecified atom stereocenters. The molecule has 0 radical (unpaired) electrons. The molecule has 0 aromatic heterocycles. The van der Waals surface area contributed by atoms with E-state index >= 15 is 0 Å². The van der Waals surface area contributed by atoms with Crippen molar-refractivity contribution in [2.24, 2.45) is 5.41 Å². The van der Waals surface area contributed by atoms with Crippen LogP contribution >= 0.6 is 0 Å². The molecule has 7 heteroatoms. The summed E-state index contributed by atoms with van der Waals surface area (Å²) in [5, 5.41) is 27.0. The summed E-state index contributed by atoms with van der Waals surface area (Å²) in [6.07, 6.45) is -2.51. The molecule has 0 bridgehead atoms. The molecular formula is C11H20O7. The number of hydrogen-bond donors (Lipinski definition) is 3. The van der Waals surface area contributed by atoms with Crippen LogP contribution in [-0.2, 0) is 19.1 Å². The molecule has 106 valence electrons. The third-order valence-electron chi connectivity index (χ3n) is 2.19. The van der Waals surface area contributed by atoms with Crippen LogP contribution in [0.5, 0.6) is 0 Å². The van der Waals surface area contributed by atoms with Crippen LogP contribution in [0.4, 0.5) is 0 Å². The van der Waals surface area contributed by atoms with Crippen LogP contribution in [-0.4, -0.2) is 59.3 Å². The van der Waals surface area contributed by atoms with Gasteiger partial charge in [0.2, 0.25) is 0 Å². The summed E-state index contributed by atoms with van der Waals surface area (Å²) in [6.45, 7) is 3.25. The van der Waals surface area contributed by atoms with Crippen molar-refractivity contribution >= 4 is 11.9 Å². The first-order valence-corrected chi connectivity index (χ1v) is 5.52. The van der Waals surface area contributed by atoms with E-state index in [0.29, 0.717) is 0 Å². The Kier molecular flexibility index (Phi) is 6.82. The number of hydrogen-bond acceptors (Lipinski definition) is 7. The fraction of sp³-hybridized carbons (Fsp3) is 0.818. The maximum atomic E-state index is 11.1. The van der Waals surface area contributed by atoms with Crippen molar-refractivity contribution in [3.8, 4) is 0 Å². The van der Waals surface area contributed by atoms with Gasteiger partial charge in [0.25, 0.3) is 0 Å². The van der Waals surface area contributed by atoms with E-state index < -0.39 is 29.6 Å². The quantitative estimate of drug-likeness (QED) is 0.497. The molecule has 18 heavy (non-hydrogen) atoms. The zero-order valence-corrected chi connectivity index (χ0v) is 10.8. The van der Waals surface area contributed by atoms with Gasteiger partial charge in [-0.15, -0.1) is 0 Å². The maximum absolute atomic E-state index is 11.1. The summed E-state index contributed by atoms with van der Waals surface area (Å²) in [5.74, 6) is -1.65. The minimum atomic E-state index is -1.26. The van der Waals surface area contributed by atoms with E-state index in [1.165, 1.54) is 20.8 Å². The highest BCUT2D eigenvalue weighted by atomic mass is 16.6. The lowest BCUT2D eigenvalue weighted by molar-refractivity contribution is -0.164. The van der Waals surface area contributed by atoms with Crippen LogP contribution in [0, 0.1) is 5.41 Å². The molecule has 2 atom stereocenters. The molecule has 0 heterocycles. The number of aliphatic hydroxyl groups excluding tert-OH is 3. The normalized spacial score (nSPS) is 17.4. The summed E-state index contributed by atoms with van der Waals surface area (Å²) in [5.41, 5.74) is -0.977. The summed E-state index contributed by atoms with van der Waals surface area (Å²) >= 11 is 0. The number of rotatable bonds is 7. The van der Waals surface area contributed by atoms with Gasteiger partial charge >= 0.3 is 11.9 Å². The van der Waals surface area contributed by atoms with Crippen molar-refractivity contribution in [2.75, 3.05) is 19.8 Å². The van der Waals surface area contributed by atoms with E-state index in [0.717, 1.165) is 0 Å². The van der Waals surface area contributed by atoms with Gasteiger partial charge in [0.05, 0.1) is 12.0 Å². The zero-order chi connectivity index (χ0) is 14.3. The first-order valence-electron chi connectivity index (χ1n) is 5.52. The van der Waals surface area contributed by atoms with Crippen LogP contribution in [0.1, 0.15) is 20.8 Å². The smallest absolute Gasteiger partial charge is 0.334 e. The van der Waals surface area contributed by atoms with Gasteiger partial charge in [-0.2, -0.15) is 0 Å². The number of aliphatic hydroxyl groups is 3. The molecule has 0 aromatic carbocycles. The van der Waals surface area contributed by atoms with Gasteiger partial charge in [-0.25, -0.2) is 9.59 Å². The van der Waals surface area contributed by atoms with Gasteiger partial charge in [-0.3, -0.25) is 0 Å². The summed E-state index contributed by atoms with van der Waals surface area (Å²) in [7, 11) is 0. The maximum Gasteiger partial charge on any atom is 0.334 e. The van der Waals surface area contributed by atoms with Gasteiger partial charge in [0, 0.05) is 0 Å². The molecular weight excluding hydrogens is 244 g/mol. The predicted octanol–water partition coefficient (Wildman–Crippen LogP) is -1.17. The van der Waals surface area contributed by atoms with E-state index in [-0.39, 0.29) is 19.8 Å². The number of esters is 2. The largest absolute Gasteiger partial charge is 0.463 e. The second-order valence-corrected chi connectivity index (χ2v) is 4.54. The van der Waals surface area contributed by atoms with Crippen molar-refractivity contribution in [3.63, 3.8) is 0 Å². The highest BCUT2D eigenvalue weighted by molar-refractivity contribution is 5.74. The average molecular weight is 264 g/mol. The van der Waals surface area contributed by atoms with Crippen LogP contribution in [0.2, 0.25) is 0 Å². The Bertz CT molecular complexity index is 261. The average Bonchev–Trinajstić information content (AvgIpc) is 2.32. The lowest BCUT2D eigenvalue weighted by Gasteiger charge is -2.26. The third-order valence-corrected chi connectivity index (χ3v) is 2.19. The minimum absolute atomic E-state index is 0.208. The molecule has 7 nitrogen and oxygen atoms in total. The van der Waals surface area contributed by atoms with Crippen molar-refractivity contribution in [3.05, 3.63) is 0 Å². The van der Waals surface area contributed by atoms with E-state index in [9.17, 15) is 14.7 Å². The molecule has 0 aliphatic heterocycles.